The summed E-state index contributed by atoms with van der Waals surface area (Å²) in [5.41, 5.74) is 0.583. The van der Waals surface area contributed by atoms with Crippen molar-refractivity contribution < 1.29 is 46.2 Å². The van der Waals surface area contributed by atoms with Crippen LogP contribution in [0.2, 0.25) is 0 Å². The molecule has 0 saturated carbocycles. The van der Waals surface area contributed by atoms with Crippen LogP contribution in [0, 0.1) is 0 Å². The minimum Gasteiger partial charge on any atom is -1.00 e. The molecule has 0 saturated heterocycles. The molecule has 4 nitrogen and oxygen atoms in total. The second kappa shape index (κ2) is 11.1. The number of esters is 1. The Labute approximate surface area is 193 Å². The molecule has 2 aromatic carbocycles. The number of carbonyl (C=O) groups excluding carboxylic acids is 1. The third-order valence-corrected chi connectivity index (χ3v) is 5.17. The van der Waals surface area contributed by atoms with Crippen LogP contribution in [0.4, 0.5) is 13.2 Å². The highest BCUT2D eigenvalue weighted by molar-refractivity contribution is 5.82. The Morgan fingerprint density at radius 3 is 2.29 bits per heavy atom. The number of carbonyl (C=O) groups is 1. The molecule has 2 rings (SSSR count). The Morgan fingerprint density at radius 1 is 1.13 bits per heavy atom. The number of methoxy groups -OCH3 is 1. The molecule has 31 heavy (non-hydrogen) atoms. The van der Waals surface area contributed by atoms with E-state index >= 15 is 0 Å². The zero-order chi connectivity index (χ0) is 22.5. The topological polar surface area (TPSA) is 58.6 Å². The Hall–Kier alpha value is -1.90. The molecular weight excluding hydrogens is 475 g/mol. The number of hydrogen-bond donors (Lipinski definition) is 2. The minimum absolute atomic E-state index is 0. The van der Waals surface area contributed by atoms with Crippen molar-refractivity contribution in [3.8, 4) is 0 Å². The Bertz CT molecular complexity index is 860. The van der Waals surface area contributed by atoms with Crippen molar-refractivity contribution in [1.82, 2.24) is 5.32 Å². The SMILES string of the molecule is COC(=O)C(C)(C)c1ccc(CC(C)NCC(O)c2cccc(C(F)(F)F)c2)cc1.[Br-].[H+]. The molecule has 2 atom stereocenters. The molecule has 0 aliphatic carbocycles. The van der Waals surface area contributed by atoms with Crippen molar-refractivity contribution in [2.24, 2.45) is 0 Å². The second-order valence-electron chi connectivity index (χ2n) is 7.97. The van der Waals surface area contributed by atoms with Gasteiger partial charge in [-0.25, -0.2) is 0 Å². The zero-order valence-corrected chi connectivity index (χ0v) is 19.5. The van der Waals surface area contributed by atoms with Gasteiger partial charge < -0.3 is 32.1 Å². The summed E-state index contributed by atoms with van der Waals surface area (Å²) in [6.45, 7) is 5.67. The van der Waals surface area contributed by atoms with E-state index < -0.39 is 23.3 Å². The van der Waals surface area contributed by atoms with Crippen molar-refractivity contribution in [1.29, 1.82) is 0 Å². The summed E-state index contributed by atoms with van der Waals surface area (Å²) in [4.78, 5) is 11.9. The first-order chi connectivity index (χ1) is 13.9. The van der Waals surface area contributed by atoms with Gasteiger partial charge in [-0.05, 0) is 56.0 Å². The lowest BCUT2D eigenvalue weighted by molar-refractivity contribution is -0.146. The second-order valence-corrected chi connectivity index (χ2v) is 7.97. The van der Waals surface area contributed by atoms with Gasteiger partial charge in [0.1, 0.15) is 0 Å². The quantitative estimate of drug-likeness (QED) is 0.536. The van der Waals surface area contributed by atoms with Crippen LogP contribution in [0.3, 0.4) is 0 Å². The Balaban J connectivity index is 0.00000480. The monoisotopic (exact) mass is 503 g/mol. The van der Waals surface area contributed by atoms with Crippen molar-refractivity contribution in [3.05, 3.63) is 70.8 Å². The maximum atomic E-state index is 12.8. The fourth-order valence-corrected chi connectivity index (χ4v) is 3.21. The highest BCUT2D eigenvalue weighted by Crippen LogP contribution is 2.30. The number of ether oxygens (including phenoxy) is 1. The first-order valence-electron chi connectivity index (χ1n) is 9.71. The van der Waals surface area contributed by atoms with Crippen molar-refractivity contribution >= 4 is 5.97 Å². The number of aliphatic hydroxyl groups is 1. The first-order valence-corrected chi connectivity index (χ1v) is 9.71. The number of rotatable bonds is 8. The number of benzene rings is 2. The summed E-state index contributed by atoms with van der Waals surface area (Å²) in [6.07, 6.45) is -4.82. The van der Waals surface area contributed by atoms with E-state index in [9.17, 15) is 23.1 Å². The van der Waals surface area contributed by atoms with Gasteiger partial charge in [-0.3, -0.25) is 4.79 Å². The molecule has 0 radical (unpaired) electrons. The van der Waals surface area contributed by atoms with Crippen LogP contribution < -0.4 is 22.3 Å². The fourth-order valence-electron chi connectivity index (χ4n) is 3.21. The molecule has 0 amide bonds. The van der Waals surface area contributed by atoms with E-state index in [1.165, 1.54) is 19.2 Å². The van der Waals surface area contributed by atoms with Crippen molar-refractivity contribution in [2.45, 2.75) is 50.9 Å². The highest BCUT2D eigenvalue weighted by Gasteiger charge is 2.31. The molecule has 0 aromatic heterocycles. The first kappa shape index (κ1) is 27.1. The van der Waals surface area contributed by atoms with Gasteiger partial charge in [0.2, 0.25) is 0 Å². The van der Waals surface area contributed by atoms with Crippen LogP contribution in [-0.2, 0) is 27.5 Å². The number of hydrogen-bond acceptors (Lipinski definition) is 4. The minimum atomic E-state index is -4.44. The third kappa shape index (κ3) is 7.33. The van der Waals surface area contributed by atoms with E-state index in [-0.39, 0.29) is 42.5 Å². The van der Waals surface area contributed by atoms with Gasteiger partial charge in [0, 0.05) is 12.6 Å². The predicted octanol–water partition coefficient (Wildman–Crippen LogP) is 1.53. The van der Waals surface area contributed by atoms with Gasteiger partial charge in [0.15, 0.2) is 0 Å². The van der Waals surface area contributed by atoms with Gasteiger partial charge >= 0.3 is 13.6 Å². The Kier molecular flexibility index (Phi) is 9.72. The van der Waals surface area contributed by atoms with Crippen LogP contribution in [0.15, 0.2) is 48.5 Å². The van der Waals surface area contributed by atoms with E-state index in [2.05, 4.69) is 5.32 Å². The third-order valence-electron chi connectivity index (χ3n) is 5.17. The molecule has 0 aliphatic heterocycles. The van der Waals surface area contributed by atoms with Crippen LogP contribution in [0.5, 0.6) is 0 Å². The summed E-state index contributed by atoms with van der Waals surface area (Å²) >= 11 is 0. The molecular formula is C23H29BrF3NO3. The van der Waals surface area contributed by atoms with E-state index in [0.717, 1.165) is 23.3 Å². The van der Waals surface area contributed by atoms with Crippen LogP contribution in [0.1, 0.15) is 50.6 Å². The predicted molar refractivity (Wildman–Crippen MR) is 110 cm³/mol. The number of alkyl halides is 3. The molecule has 172 valence electrons. The molecule has 0 aliphatic rings. The van der Waals surface area contributed by atoms with Gasteiger partial charge in [-0.2, -0.15) is 13.2 Å². The van der Waals surface area contributed by atoms with Crippen LogP contribution in [0.25, 0.3) is 0 Å². The smallest absolute Gasteiger partial charge is 1.00 e. The number of halogens is 4. The average Bonchev–Trinajstić information content (AvgIpc) is 2.71. The van der Waals surface area contributed by atoms with E-state index in [1.807, 2.05) is 31.2 Å². The molecule has 2 unspecified atom stereocenters. The molecule has 8 heteroatoms. The van der Waals surface area contributed by atoms with Gasteiger partial charge in [-0.15, -0.1) is 0 Å². The van der Waals surface area contributed by atoms with Crippen molar-refractivity contribution in [2.75, 3.05) is 13.7 Å². The Morgan fingerprint density at radius 2 is 1.74 bits per heavy atom. The molecule has 2 N–H and O–H groups in total. The number of aliphatic hydroxyl groups excluding tert-OH is 1. The van der Waals surface area contributed by atoms with E-state index in [0.29, 0.717) is 6.42 Å². The highest BCUT2D eigenvalue weighted by atomic mass is 79.9. The summed E-state index contributed by atoms with van der Waals surface area (Å²) in [7, 11) is 1.36. The summed E-state index contributed by atoms with van der Waals surface area (Å²) in [5.74, 6) is -0.311. The zero-order valence-electron chi connectivity index (χ0n) is 19.0. The lowest BCUT2D eigenvalue weighted by atomic mass is 9.84. The summed E-state index contributed by atoms with van der Waals surface area (Å²) in [6, 6.07) is 12.4. The normalized spacial score (nSPS) is 13.8. The van der Waals surface area contributed by atoms with Crippen molar-refractivity contribution in [3.63, 3.8) is 0 Å². The van der Waals surface area contributed by atoms with E-state index in [4.69, 9.17) is 4.74 Å². The van der Waals surface area contributed by atoms with Crippen LogP contribution >= 0.6 is 0 Å². The lowest BCUT2D eigenvalue weighted by Crippen LogP contribution is -3.00. The molecule has 0 heterocycles. The fraction of sp³-hybridized carbons (Fsp3) is 0.435. The summed E-state index contributed by atoms with van der Waals surface area (Å²) in [5, 5.41) is 13.4. The van der Waals surface area contributed by atoms with Gasteiger partial charge in [-0.1, -0.05) is 36.4 Å². The maximum absolute atomic E-state index is 12.8. The van der Waals surface area contributed by atoms with E-state index in [1.54, 1.807) is 13.8 Å². The lowest BCUT2D eigenvalue weighted by Gasteiger charge is -2.22. The molecule has 0 spiro atoms. The maximum Gasteiger partial charge on any atom is 1.00 e. The summed E-state index contributed by atoms with van der Waals surface area (Å²) < 4.78 is 43.3. The van der Waals surface area contributed by atoms with Gasteiger partial charge in [0.25, 0.3) is 0 Å². The largest absolute Gasteiger partial charge is 1.00 e. The molecule has 2 aromatic rings. The average molecular weight is 504 g/mol. The number of nitrogens with one attached hydrogen (secondary N) is 1. The molecule has 0 bridgehead atoms. The molecule has 0 fully saturated rings. The van der Waals surface area contributed by atoms with Crippen LogP contribution in [-0.4, -0.2) is 30.8 Å². The van der Waals surface area contributed by atoms with Gasteiger partial charge in [0.05, 0.1) is 24.2 Å². The standard InChI is InChI=1S/C23H28F3NO3.BrH/c1-15(12-16-8-10-18(11-9-16)22(2,3)21(29)30-4)27-14-20(28)17-6-5-7-19(13-17)23(24,25)26;/h5-11,13,15,20,27-28H,12,14H2,1-4H3;1H.